The minimum Gasteiger partial charge on any atom is -0.327 e. The lowest BCUT2D eigenvalue weighted by molar-refractivity contribution is 0.595. The second-order valence-electron chi connectivity index (χ2n) is 3.87. The summed E-state index contributed by atoms with van der Waals surface area (Å²) in [5.74, 6) is -0.857. The maximum atomic E-state index is 13.7. The van der Waals surface area contributed by atoms with Gasteiger partial charge >= 0.3 is 5.69 Å². The highest BCUT2D eigenvalue weighted by Crippen LogP contribution is 2.14. The van der Waals surface area contributed by atoms with Gasteiger partial charge < -0.3 is 5.73 Å². The highest BCUT2D eigenvalue weighted by Gasteiger charge is 2.13. The zero-order valence-electron chi connectivity index (χ0n) is 10.5. The third-order valence-corrected chi connectivity index (χ3v) is 2.95. The van der Waals surface area contributed by atoms with Gasteiger partial charge in [-0.2, -0.15) is 5.10 Å². The zero-order chi connectivity index (χ0) is 14.7. The summed E-state index contributed by atoms with van der Waals surface area (Å²) in [5.41, 5.74) is 4.87. The van der Waals surface area contributed by atoms with Crippen LogP contribution in [0, 0.1) is 5.82 Å². The van der Waals surface area contributed by atoms with Crippen molar-refractivity contribution in [3.05, 3.63) is 51.3 Å². The molecule has 0 aromatic carbocycles. The molecule has 2 aromatic heterocycles. The maximum absolute atomic E-state index is 13.7. The van der Waals surface area contributed by atoms with Crippen LogP contribution < -0.4 is 11.4 Å². The molecule has 0 aliphatic heterocycles. The van der Waals surface area contributed by atoms with Crippen LogP contribution in [0.1, 0.15) is 0 Å². The summed E-state index contributed by atoms with van der Waals surface area (Å²) in [5, 5.41) is 3.78. The zero-order valence-corrected chi connectivity index (χ0v) is 12.9. The van der Waals surface area contributed by atoms with Crippen LogP contribution in [0.25, 0.3) is 5.82 Å². The number of nitrogens with zero attached hydrogens (tertiary/aromatic N) is 4. The Labute approximate surface area is 132 Å². The third kappa shape index (κ3) is 3.74. The molecule has 10 heteroatoms. The topological polar surface area (TPSA) is 78.7 Å². The molecule has 0 atom stereocenters. The fourth-order valence-electron chi connectivity index (χ4n) is 1.51. The monoisotopic (exact) mass is 381 g/mol. The van der Waals surface area contributed by atoms with Crippen LogP contribution >= 0.6 is 28.3 Å². The average molecular weight is 383 g/mol. The van der Waals surface area contributed by atoms with Crippen molar-refractivity contribution < 1.29 is 8.78 Å². The summed E-state index contributed by atoms with van der Waals surface area (Å²) in [6.07, 6.45) is 2.80. The van der Waals surface area contributed by atoms with Crippen LogP contribution in [-0.4, -0.2) is 25.9 Å². The highest BCUT2D eigenvalue weighted by molar-refractivity contribution is 9.10. The first-order chi connectivity index (χ1) is 9.56. The van der Waals surface area contributed by atoms with Gasteiger partial charge in [-0.05, 0) is 27.6 Å². The van der Waals surface area contributed by atoms with Gasteiger partial charge in [0.25, 0.3) is 0 Å². The maximum Gasteiger partial charge on any atom is 0.351 e. The lowest BCUT2D eigenvalue weighted by atomic mass is 10.3. The van der Waals surface area contributed by atoms with Gasteiger partial charge in [0.15, 0.2) is 11.6 Å². The molecule has 6 nitrogen and oxygen atoms in total. The van der Waals surface area contributed by atoms with E-state index < -0.39 is 11.5 Å². The van der Waals surface area contributed by atoms with Crippen LogP contribution in [0.3, 0.4) is 0 Å². The first-order valence-electron chi connectivity index (χ1n) is 5.51. The first kappa shape index (κ1) is 17.5. The van der Waals surface area contributed by atoms with E-state index in [2.05, 4.69) is 26.0 Å². The SMILES string of the molecule is Cl.NC/C(=C/F)Cn1ncn(-c2ncc(Br)cc2F)c1=O. The molecule has 0 spiro atoms. The molecular weight excluding hydrogens is 372 g/mol. The minimum absolute atomic E-state index is 0. The van der Waals surface area contributed by atoms with Crippen molar-refractivity contribution in [2.24, 2.45) is 5.73 Å². The van der Waals surface area contributed by atoms with E-state index in [1.807, 2.05) is 0 Å². The predicted octanol–water partition coefficient (Wildman–Crippen LogP) is 1.56. The Hall–Kier alpha value is -1.58. The minimum atomic E-state index is -0.680. The molecule has 2 N–H and O–H groups in total. The van der Waals surface area contributed by atoms with E-state index in [9.17, 15) is 13.6 Å². The molecule has 0 aliphatic carbocycles. The average Bonchev–Trinajstić information content (AvgIpc) is 2.77. The van der Waals surface area contributed by atoms with E-state index in [4.69, 9.17) is 5.73 Å². The smallest absolute Gasteiger partial charge is 0.327 e. The van der Waals surface area contributed by atoms with Gasteiger partial charge in [-0.15, -0.1) is 12.4 Å². The van der Waals surface area contributed by atoms with E-state index >= 15 is 0 Å². The number of halogens is 4. The standard InChI is InChI=1S/C11H10BrF2N5O.ClH/c12-8-1-9(14)10(16-4-8)18-6-17-19(11(18)20)5-7(2-13)3-15;/h1-2,4,6H,3,5,15H2;1H/b7-2-;. The van der Waals surface area contributed by atoms with Gasteiger partial charge in [-0.3, -0.25) is 0 Å². The van der Waals surface area contributed by atoms with Crippen molar-refractivity contribution in [2.45, 2.75) is 6.54 Å². The predicted molar refractivity (Wildman–Crippen MR) is 78.8 cm³/mol. The van der Waals surface area contributed by atoms with Crippen molar-refractivity contribution >= 4 is 28.3 Å². The molecular formula is C11H11BrClF2N5O. The molecule has 2 aromatic rings. The molecule has 0 bridgehead atoms. The van der Waals surface area contributed by atoms with Crippen molar-refractivity contribution in [2.75, 3.05) is 6.54 Å². The lowest BCUT2D eigenvalue weighted by Crippen LogP contribution is -2.26. The van der Waals surface area contributed by atoms with E-state index in [0.717, 1.165) is 15.6 Å². The van der Waals surface area contributed by atoms with Crippen molar-refractivity contribution in [3.8, 4) is 5.82 Å². The summed E-state index contributed by atoms with van der Waals surface area (Å²) >= 11 is 3.07. The van der Waals surface area contributed by atoms with E-state index in [0.29, 0.717) is 10.8 Å². The van der Waals surface area contributed by atoms with Crippen LogP contribution in [0.15, 0.2) is 39.8 Å². The summed E-state index contributed by atoms with van der Waals surface area (Å²) in [7, 11) is 0. The number of aromatic nitrogens is 4. The van der Waals surface area contributed by atoms with Crippen molar-refractivity contribution in [1.29, 1.82) is 0 Å². The number of hydrogen-bond acceptors (Lipinski definition) is 4. The molecule has 2 heterocycles. The van der Waals surface area contributed by atoms with Gasteiger partial charge in [0.05, 0.1) is 12.9 Å². The molecule has 114 valence electrons. The van der Waals surface area contributed by atoms with Gasteiger partial charge in [-0.25, -0.2) is 27.8 Å². The summed E-state index contributed by atoms with van der Waals surface area (Å²) in [4.78, 5) is 15.8. The number of rotatable bonds is 4. The van der Waals surface area contributed by atoms with Gasteiger partial charge in [0, 0.05) is 17.2 Å². The van der Waals surface area contributed by atoms with E-state index in [1.54, 1.807) is 0 Å². The molecule has 0 saturated heterocycles. The molecule has 0 radical (unpaired) electrons. The van der Waals surface area contributed by atoms with E-state index in [1.165, 1.54) is 12.3 Å². The Kier molecular flexibility index (Phi) is 6.19. The second-order valence-corrected chi connectivity index (χ2v) is 4.79. The molecule has 2 rings (SSSR count). The van der Waals surface area contributed by atoms with Crippen LogP contribution in [0.5, 0.6) is 0 Å². The van der Waals surface area contributed by atoms with Gasteiger partial charge in [0.1, 0.15) is 6.33 Å². The fraction of sp³-hybridized carbons (Fsp3) is 0.182. The highest BCUT2D eigenvalue weighted by atomic mass is 79.9. The lowest BCUT2D eigenvalue weighted by Gasteiger charge is -2.02. The van der Waals surface area contributed by atoms with Crippen LogP contribution in [0.2, 0.25) is 0 Å². The molecule has 0 aliphatic rings. The summed E-state index contributed by atoms with van der Waals surface area (Å²) in [6.45, 7) is -0.141. The summed E-state index contributed by atoms with van der Waals surface area (Å²) < 4.78 is 28.5. The molecule has 0 saturated carbocycles. The van der Waals surface area contributed by atoms with Gasteiger partial charge in [0.2, 0.25) is 0 Å². The molecule has 21 heavy (non-hydrogen) atoms. The van der Waals surface area contributed by atoms with Crippen molar-refractivity contribution in [3.63, 3.8) is 0 Å². The Morgan fingerprint density at radius 1 is 1.52 bits per heavy atom. The third-order valence-electron chi connectivity index (χ3n) is 2.52. The Balaban J connectivity index is 0.00000220. The first-order valence-corrected chi connectivity index (χ1v) is 6.30. The number of pyridine rings is 1. The largest absolute Gasteiger partial charge is 0.351 e. The van der Waals surface area contributed by atoms with Crippen LogP contribution in [-0.2, 0) is 6.54 Å². The normalized spacial score (nSPS) is 11.3. The Morgan fingerprint density at radius 3 is 2.81 bits per heavy atom. The van der Waals surface area contributed by atoms with Crippen LogP contribution in [0.4, 0.5) is 8.78 Å². The Morgan fingerprint density at radius 2 is 2.24 bits per heavy atom. The fourth-order valence-corrected chi connectivity index (χ4v) is 1.81. The number of nitrogens with two attached hydrogens (primary N) is 1. The summed E-state index contributed by atoms with van der Waals surface area (Å²) in [6, 6.07) is 1.18. The molecule has 0 fully saturated rings. The second kappa shape index (κ2) is 7.43. The quantitative estimate of drug-likeness (QED) is 0.870. The molecule has 0 amide bonds. The molecule has 0 unspecified atom stereocenters. The number of hydrogen-bond donors (Lipinski definition) is 1. The Bertz CT molecular complexity index is 715. The van der Waals surface area contributed by atoms with Gasteiger partial charge in [-0.1, -0.05) is 0 Å². The van der Waals surface area contributed by atoms with Crippen molar-refractivity contribution in [1.82, 2.24) is 19.3 Å². The van der Waals surface area contributed by atoms with E-state index in [-0.39, 0.29) is 36.9 Å².